The van der Waals surface area contributed by atoms with Crippen molar-refractivity contribution in [3.63, 3.8) is 0 Å². The van der Waals surface area contributed by atoms with Crippen LogP contribution in [0.5, 0.6) is 0 Å². The summed E-state index contributed by atoms with van der Waals surface area (Å²) in [6.45, 7) is 0. The third kappa shape index (κ3) is 3.54. The van der Waals surface area contributed by atoms with Crippen molar-refractivity contribution in [3.8, 4) is 0 Å². The fraction of sp³-hybridized carbons (Fsp3) is 1.00. The first-order valence-electron chi connectivity index (χ1n) is 5.28. The van der Waals surface area contributed by atoms with E-state index in [0.29, 0.717) is 0 Å². The van der Waals surface area contributed by atoms with Crippen molar-refractivity contribution in [2.75, 3.05) is 23.0 Å². The van der Waals surface area contributed by atoms with Crippen LogP contribution >= 0.6 is 21.6 Å². The van der Waals surface area contributed by atoms with Crippen LogP contribution in [0.2, 0.25) is 0 Å². The van der Waals surface area contributed by atoms with Gasteiger partial charge in [0.25, 0.3) is 0 Å². The highest BCUT2D eigenvalue weighted by molar-refractivity contribution is 8.77. The average Bonchev–Trinajstić information content (AvgIpc) is 2.59. The number of aliphatic hydroxyl groups is 2. The number of sulfone groups is 2. The predicted octanol–water partition coefficient (Wildman–Crippen LogP) is -1.32. The summed E-state index contributed by atoms with van der Waals surface area (Å²) in [7, 11) is -4.06. The smallest absolute Gasteiger partial charge is 0.154 e. The molecular weight excluding hydrogens is 320 g/mol. The topological polar surface area (TPSA) is 109 Å². The molecule has 0 aliphatic carbocycles. The lowest BCUT2D eigenvalue weighted by molar-refractivity contribution is 0.206. The van der Waals surface area contributed by atoms with Crippen molar-refractivity contribution in [1.82, 2.24) is 0 Å². The molecule has 4 atom stereocenters. The molecule has 0 saturated carbocycles. The molecule has 2 saturated heterocycles. The Bertz CT molecular complexity index is 464. The molecule has 18 heavy (non-hydrogen) atoms. The molecule has 0 aromatic carbocycles. The number of aliphatic hydroxyl groups excluding tert-OH is 2. The Kier molecular flexibility index (Phi) is 4.25. The Morgan fingerprint density at radius 1 is 0.722 bits per heavy atom. The molecule has 2 aliphatic heterocycles. The lowest BCUT2D eigenvalue weighted by Gasteiger charge is -2.15. The maximum atomic E-state index is 11.3. The molecule has 0 radical (unpaired) electrons. The predicted molar refractivity (Wildman–Crippen MR) is 72.1 cm³/mol. The molecule has 2 fully saturated rings. The monoisotopic (exact) mass is 334 g/mol. The molecule has 0 amide bonds. The largest absolute Gasteiger partial charge is 0.391 e. The van der Waals surface area contributed by atoms with Crippen LogP contribution in [0.1, 0.15) is 0 Å². The zero-order valence-electron chi connectivity index (χ0n) is 9.30. The van der Waals surface area contributed by atoms with Gasteiger partial charge >= 0.3 is 0 Å². The van der Waals surface area contributed by atoms with E-state index in [1.165, 1.54) is 0 Å². The second-order valence-corrected chi connectivity index (χ2v) is 11.6. The number of rotatable bonds is 3. The van der Waals surface area contributed by atoms with Gasteiger partial charge in [0.1, 0.15) is 0 Å². The molecule has 0 aromatic heterocycles. The van der Waals surface area contributed by atoms with Crippen LogP contribution in [0.3, 0.4) is 0 Å². The lowest BCUT2D eigenvalue weighted by atomic mass is 10.3. The van der Waals surface area contributed by atoms with Gasteiger partial charge in [0, 0.05) is 0 Å². The molecule has 106 valence electrons. The highest BCUT2D eigenvalue weighted by atomic mass is 33.1. The van der Waals surface area contributed by atoms with Crippen LogP contribution in [0, 0.1) is 0 Å². The van der Waals surface area contributed by atoms with Crippen molar-refractivity contribution in [1.29, 1.82) is 0 Å². The van der Waals surface area contributed by atoms with Crippen LogP contribution in [0.4, 0.5) is 0 Å². The van der Waals surface area contributed by atoms with Crippen LogP contribution in [-0.4, -0.2) is 72.8 Å². The van der Waals surface area contributed by atoms with E-state index in [1.807, 2.05) is 0 Å². The molecule has 0 bridgehead atoms. The Morgan fingerprint density at radius 2 is 1.06 bits per heavy atom. The van der Waals surface area contributed by atoms with Crippen molar-refractivity contribution < 1.29 is 27.0 Å². The summed E-state index contributed by atoms with van der Waals surface area (Å²) in [6.07, 6.45) is -1.83. The van der Waals surface area contributed by atoms with Gasteiger partial charge in [-0.1, -0.05) is 21.6 Å². The Balaban J connectivity index is 1.90. The molecule has 10 heteroatoms. The zero-order valence-corrected chi connectivity index (χ0v) is 12.6. The second-order valence-electron chi connectivity index (χ2n) is 4.56. The van der Waals surface area contributed by atoms with Crippen LogP contribution in [0.25, 0.3) is 0 Å². The molecule has 0 unspecified atom stereocenters. The summed E-state index contributed by atoms with van der Waals surface area (Å²) in [4.78, 5) is 0. The molecule has 0 spiro atoms. The van der Waals surface area contributed by atoms with Gasteiger partial charge in [0.05, 0.1) is 45.7 Å². The van der Waals surface area contributed by atoms with E-state index in [0.717, 1.165) is 21.6 Å². The zero-order chi connectivity index (χ0) is 13.6. The van der Waals surface area contributed by atoms with Crippen LogP contribution in [-0.2, 0) is 19.7 Å². The van der Waals surface area contributed by atoms with Crippen molar-refractivity contribution in [2.24, 2.45) is 0 Å². The lowest BCUT2D eigenvalue weighted by Crippen LogP contribution is -2.22. The first-order chi connectivity index (χ1) is 8.19. The van der Waals surface area contributed by atoms with Gasteiger partial charge in [-0.25, -0.2) is 16.8 Å². The van der Waals surface area contributed by atoms with E-state index in [2.05, 4.69) is 0 Å². The van der Waals surface area contributed by atoms with Crippen LogP contribution in [0.15, 0.2) is 0 Å². The fourth-order valence-electron chi connectivity index (χ4n) is 1.92. The van der Waals surface area contributed by atoms with E-state index in [9.17, 15) is 27.0 Å². The average molecular weight is 334 g/mol. The first kappa shape index (κ1) is 14.9. The Morgan fingerprint density at radius 3 is 1.28 bits per heavy atom. The minimum absolute atomic E-state index is 0.0958. The van der Waals surface area contributed by atoms with Gasteiger partial charge in [-0.3, -0.25) is 0 Å². The summed E-state index contributed by atoms with van der Waals surface area (Å²) >= 11 is 0. The van der Waals surface area contributed by atoms with Crippen molar-refractivity contribution in [2.45, 2.75) is 22.7 Å². The van der Waals surface area contributed by atoms with E-state index in [1.54, 1.807) is 0 Å². The maximum absolute atomic E-state index is 11.3. The number of hydrogen-bond acceptors (Lipinski definition) is 8. The molecule has 2 N–H and O–H groups in total. The highest BCUT2D eigenvalue weighted by Crippen LogP contribution is 2.40. The maximum Gasteiger partial charge on any atom is 0.154 e. The number of hydrogen-bond donors (Lipinski definition) is 2. The quantitative estimate of drug-likeness (QED) is 0.612. The summed E-state index contributed by atoms with van der Waals surface area (Å²) in [5, 5.41) is 18.2. The molecule has 0 aromatic rings. The van der Waals surface area contributed by atoms with Gasteiger partial charge in [0.2, 0.25) is 0 Å². The first-order valence-corrected chi connectivity index (χ1v) is 11.2. The Labute approximate surface area is 114 Å². The molecule has 2 aliphatic rings. The van der Waals surface area contributed by atoms with E-state index < -0.39 is 42.4 Å². The van der Waals surface area contributed by atoms with Gasteiger partial charge < -0.3 is 10.2 Å². The molecular formula is C8H14O6S4. The normalized spacial score (nSPS) is 42.1. The summed E-state index contributed by atoms with van der Waals surface area (Å²) in [6, 6.07) is 0. The Hall–Kier alpha value is 0.520. The summed E-state index contributed by atoms with van der Waals surface area (Å²) in [5.41, 5.74) is 0. The van der Waals surface area contributed by atoms with E-state index in [-0.39, 0.29) is 23.0 Å². The minimum Gasteiger partial charge on any atom is -0.391 e. The van der Waals surface area contributed by atoms with E-state index >= 15 is 0 Å². The van der Waals surface area contributed by atoms with Gasteiger partial charge in [-0.05, 0) is 0 Å². The molecule has 6 nitrogen and oxygen atoms in total. The molecule has 2 rings (SSSR count). The fourth-order valence-corrected chi connectivity index (χ4v) is 10.4. The third-order valence-corrected chi connectivity index (χ3v) is 10.1. The SMILES string of the molecule is O=S1(=O)C[C@H](O)[C@H](SS[C@@H]2CS(=O)(=O)C[C@@H]2O)C1. The van der Waals surface area contributed by atoms with Gasteiger partial charge in [0.15, 0.2) is 19.7 Å². The summed E-state index contributed by atoms with van der Waals surface area (Å²) in [5.74, 6) is -0.670. The van der Waals surface area contributed by atoms with Gasteiger partial charge in [-0.15, -0.1) is 0 Å². The standard InChI is InChI=1S/C8H14O6S4/c9-5-1-17(11,12)3-7(5)15-16-8-4-18(13,14)2-6(8)10/h5-10H,1-4H2/t5-,6-,7+,8+/m0/s1. The molecule has 2 heterocycles. The highest BCUT2D eigenvalue weighted by Gasteiger charge is 2.41. The van der Waals surface area contributed by atoms with Crippen molar-refractivity contribution >= 4 is 41.3 Å². The van der Waals surface area contributed by atoms with Crippen molar-refractivity contribution in [3.05, 3.63) is 0 Å². The summed E-state index contributed by atoms with van der Waals surface area (Å²) < 4.78 is 45.1. The third-order valence-electron chi connectivity index (χ3n) is 2.85. The van der Waals surface area contributed by atoms with Gasteiger partial charge in [-0.2, -0.15) is 0 Å². The minimum atomic E-state index is -3.19. The second kappa shape index (κ2) is 5.13. The van der Waals surface area contributed by atoms with Crippen LogP contribution < -0.4 is 0 Å². The van der Waals surface area contributed by atoms with E-state index in [4.69, 9.17) is 0 Å².